The summed E-state index contributed by atoms with van der Waals surface area (Å²) in [7, 11) is -3.31. The van der Waals surface area contributed by atoms with E-state index < -0.39 is 21.3 Å². The number of carbonyl (C=O) groups excluding carboxylic acids is 1. The standard InChI is InChI=1S/C6H9FO3S/c7-6(4-8)2-1-3-11(9,10)5-6/h4H,1-3,5H2. The first-order chi connectivity index (χ1) is 4.97. The monoisotopic (exact) mass is 180 g/mol. The van der Waals surface area contributed by atoms with Gasteiger partial charge in [-0.15, -0.1) is 0 Å². The number of halogens is 1. The van der Waals surface area contributed by atoms with Gasteiger partial charge in [0.25, 0.3) is 0 Å². The molecule has 1 unspecified atom stereocenters. The fraction of sp³-hybridized carbons (Fsp3) is 0.833. The van der Waals surface area contributed by atoms with Crippen molar-refractivity contribution in [3.8, 4) is 0 Å². The highest BCUT2D eigenvalue weighted by atomic mass is 32.2. The first-order valence-corrected chi connectivity index (χ1v) is 5.15. The van der Waals surface area contributed by atoms with Crippen molar-refractivity contribution >= 4 is 16.1 Å². The zero-order valence-electron chi connectivity index (χ0n) is 5.92. The summed E-state index contributed by atoms with van der Waals surface area (Å²) >= 11 is 0. The first-order valence-electron chi connectivity index (χ1n) is 3.33. The van der Waals surface area contributed by atoms with Crippen LogP contribution in [0.5, 0.6) is 0 Å². The minimum absolute atomic E-state index is 0.00646. The lowest BCUT2D eigenvalue weighted by Crippen LogP contribution is -2.39. The van der Waals surface area contributed by atoms with Crippen LogP contribution in [0.1, 0.15) is 12.8 Å². The molecule has 5 heteroatoms. The Morgan fingerprint density at radius 1 is 1.45 bits per heavy atom. The number of sulfone groups is 1. The van der Waals surface area contributed by atoms with Gasteiger partial charge in [0.1, 0.15) is 0 Å². The van der Waals surface area contributed by atoms with Crippen LogP contribution in [0.4, 0.5) is 4.39 Å². The zero-order chi connectivity index (χ0) is 8.54. The lowest BCUT2D eigenvalue weighted by atomic mass is 10.0. The van der Waals surface area contributed by atoms with E-state index in [1.165, 1.54) is 0 Å². The molecule has 0 aromatic rings. The van der Waals surface area contributed by atoms with Crippen molar-refractivity contribution in [2.45, 2.75) is 18.5 Å². The highest BCUT2D eigenvalue weighted by molar-refractivity contribution is 7.91. The molecule has 1 fully saturated rings. The predicted molar refractivity (Wildman–Crippen MR) is 37.8 cm³/mol. The highest BCUT2D eigenvalue weighted by Gasteiger charge is 2.38. The van der Waals surface area contributed by atoms with E-state index in [-0.39, 0.29) is 24.9 Å². The molecule has 0 radical (unpaired) electrons. The van der Waals surface area contributed by atoms with Gasteiger partial charge < -0.3 is 0 Å². The Labute approximate surface area is 64.5 Å². The Bertz CT molecular complexity index is 259. The molecule has 11 heavy (non-hydrogen) atoms. The maximum atomic E-state index is 13.1. The van der Waals surface area contributed by atoms with Crippen LogP contribution in [0, 0.1) is 0 Å². The number of carbonyl (C=O) groups is 1. The SMILES string of the molecule is O=CC1(F)CCCS(=O)(=O)C1. The molecule has 1 atom stereocenters. The van der Waals surface area contributed by atoms with Crippen LogP contribution in [0.2, 0.25) is 0 Å². The Kier molecular flexibility index (Phi) is 2.00. The lowest BCUT2D eigenvalue weighted by Gasteiger charge is -2.23. The van der Waals surface area contributed by atoms with E-state index in [2.05, 4.69) is 0 Å². The van der Waals surface area contributed by atoms with Crippen molar-refractivity contribution in [3.05, 3.63) is 0 Å². The second-order valence-electron chi connectivity index (χ2n) is 2.85. The van der Waals surface area contributed by atoms with E-state index >= 15 is 0 Å². The average molecular weight is 180 g/mol. The average Bonchev–Trinajstić information content (AvgIpc) is 1.85. The van der Waals surface area contributed by atoms with E-state index in [0.29, 0.717) is 0 Å². The van der Waals surface area contributed by atoms with Crippen molar-refractivity contribution in [1.29, 1.82) is 0 Å². The Morgan fingerprint density at radius 3 is 2.45 bits per heavy atom. The second-order valence-corrected chi connectivity index (χ2v) is 5.03. The van der Waals surface area contributed by atoms with Crippen molar-refractivity contribution in [2.24, 2.45) is 0 Å². The molecule has 0 bridgehead atoms. The summed E-state index contributed by atoms with van der Waals surface area (Å²) in [5.74, 6) is -0.629. The third-order valence-corrected chi connectivity index (χ3v) is 3.55. The van der Waals surface area contributed by atoms with Crippen LogP contribution in [-0.2, 0) is 14.6 Å². The Hall–Kier alpha value is -0.450. The van der Waals surface area contributed by atoms with E-state index in [4.69, 9.17) is 0 Å². The number of aldehydes is 1. The maximum Gasteiger partial charge on any atom is 0.179 e. The quantitative estimate of drug-likeness (QED) is 0.538. The van der Waals surface area contributed by atoms with Crippen LogP contribution in [0.15, 0.2) is 0 Å². The molecule has 1 saturated heterocycles. The molecular weight excluding hydrogens is 171 g/mol. The third-order valence-electron chi connectivity index (χ3n) is 1.72. The molecule has 1 aliphatic heterocycles. The van der Waals surface area contributed by atoms with Gasteiger partial charge in [-0.1, -0.05) is 0 Å². The molecule has 64 valence electrons. The van der Waals surface area contributed by atoms with Crippen molar-refractivity contribution in [2.75, 3.05) is 11.5 Å². The zero-order valence-corrected chi connectivity index (χ0v) is 6.73. The predicted octanol–water partition coefficient (Wildman–Crippen LogP) is 0.102. The highest BCUT2D eigenvalue weighted by Crippen LogP contribution is 2.24. The molecule has 1 heterocycles. The molecular formula is C6H9FO3S. The normalized spacial score (nSPS) is 36.5. The summed E-state index contributed by atoms with van der Waals surface area (Å²) in [6.45, 7) is 0. The van der Waals surface area contributed by atoms with Gasteiger partial charge in [-0.2, -0.15) is 0 Å². The molecule has 0 spiro atoms. The van der Waals surface area contributed by atoms with Gasteiger partial charge in [-0.3, -0.25) is 4.79 Å². The molecule has 0 saturated carbocycles. The first kappa shape index (κ1) is 8.64. The van der Waals surface area contributed by atoms with Crippen LogP contribution < -0.4 is 0 Å². The van der Waals surface area contributed by atoms with Gasteiger partial charge in [0, 0.05) is 0 Å². The summed E-state index contributed by atoms with van der Waals surface area (Å²) in [6.07, 6.45) is 0.386. The number of alkyl halides is 1. The summed E-state index contributed by atoms with van der Waals surface area (Å²) in [4.78, 5) is 10.1. The number of rotatable bonds is 1. The number of hydrogen-bond acceptors (Lipinski definition) is 3. The maximum absolute atomic E-state index is 13.1. The van der Waals surface area contributed by atoms with Crippen LogP contribution in [0.3, 0.4) is 0 Å². The summed E-state index contributed by atoms with van der Waals surface area (Å²) in [5.41, 5.74) is -2.11. The van der Waals surface area contributed by atoms with Crippen LogP contribution in [0.25, 0.3) is 0 Å². The van der Waals surface area contributed by atoms with E-state index in [9.17, 15) is 17.6 Å². The fourth-order valence-electron chi connectivity index (χ4n) is 1.19. The van der Waals surface area contributed by atoms with Gasteiger partial charge >= 0.3 is 0 Å². The van der Waals surface area contributed by atoms with E-state index in [1.807, 2.05) is 0 Å². The summed E-state index contributed by atoms with van der Waals surface area (Å²) in [5, 5.41) is 0. The van der Waals surface area contributed by atoms with Crippen LogP contribution >= 0.6 is 0 Å². The van der Waals surface area contributed by atoms with E-state index in [0.717, 1.165) is 0 Å². The number of hydrogen-bond donors (Lipinski definition) is 0. The summed E-state index contributed by atoms with van der Waals surface area (Å²) < 4.78 is 34.7. The second kappa shape index (κ2) is 2.55. The minimum atomic E-state index is -3.31. The van der Waals surface area contributed by atoms with Crippen molar-refractivity contribution in [3.63, 3.8) is 0 Å². The molecule has 0 aromatic carbocycles. The van der Waals surface area contributed by atoms with Gasteiger partial charge in [-0.25, -0.2) is 12.8 Å². The lowest BCUT2D eigenvalue weighted by molar-refractivity contribution is -0.117. The van der Waals surface area contributed by atoms with Crippen LogP contribution in [-0.4, -0.2) is 31.9 Å². The van der Waals surface area contributed by atoms with Gasteiger partial charge in [0.05, 0.1) is 11.5 Å². The van der Waals surface area contributed by atoms with E-state index in [1.54, 1.807) is 0 Å². The fourth-order valence-corrected chi connectivity index (χ4v) is 2.86. The molecule has 1 aliphatic rings. The van der Waals surface area contributed by atoms with Gasteiger partial charge in [0.15, 0.2) is 21.8 Å². The molecule has 0 aliphatic carbocycles. The smallest absolute Gasteiger partial charge is 0.179 e. The summed E-state index contributed by atoms with van der Waals surface area (Å²) in [6, 6.07) is 0. The minimum Gasteiger partial charge on any atom is -0.300 e. The Morgan fingerprint density at radius 2 is 2.09 bits per heavy atom. The Balaban J connectivity index is 2.83. The molecule has 3 nitrogen and oxygen atoms in total. The van der Waals surface area contributed by atoms with Crippen molar-refractivity contribution in [1.82, 2.24) is 0 Å². The molecule has 0 amide bonds. The molecule has 0 N–H and O–H groups in total. The molecule has 1 rings (SSSR count). The van der Waals surface area contributed by atoms with Gasteiger partial charge in [0.2, 0.25) is 0 Å². The third kappa shape index (κ3) is 1.99. The largest absolute Gasteiger partial charge is 0.300 e. The topological polar surface area (TPSA) is 51.2 Å². The van der Waals surface area contributed by atoms with Crippen molar-refractivity contribution < 1.29 is 17.6 Å². The molecule has 0 aromatic heterocycles. The van der Waals surface area contributed by atoms with Gasteiger partial charge in [-0.05, 0) is 12.8 Å².